The van der Waals surface area contributed by atoms with Crippen molar-refractivity contribution < 1.29 is 19.1 Å². The van der Waals surface area contributed by atoms with Gasteiger partial charge in [0.2, 0.25) is 5.91 Å². The van der Waals surface area contributed by atoms with Crippen LogP contribution in [-0.4, -0.2) is 37.9 Å². The monoisotopic (exact) mass is 366 g/mol. The highest BCUT2D eigenvalue weighted by Gasteiger charge is 2.32. The molecule has 0 spiro atoms. The van der Waals surface area contributed by atoms with Gasteiger partial charge in [-0.05, 0) is 30.3 Å². The van der Waals surface area contributed by atoms with E-state index in [9.17, 15) is 14.7 Å². The molecule has 27 heavy (non-hydrogen) atoms. The number of amides is 2. The minimum absolute atomic E-state index is 0.0237. The van der Waals surface area contributed by atoms with E-state index in [-0.39, 0.29) is 30.7 Å². The minimum atomic E-state index is -0.590. The molecule has 138 valence electrons. The Morgan fingerprint density at radius 1 is 1.30 bits per heavy atom. The summed E-state index contributed by atoms with van der Waals surface area (Å²) in [4.78, 5) is 31.3. The number of furan rings is 1. The van der Waals surface area contributed by atoms with Crippen LogP contribution < -0.4 is 5.32 Å². The summed E-state index contributed by atoms with van der Waals surface area (Å²) in [6, 6.07) is 9.12. The Labute approximate surface area is 155 Å². The number of benzene rings is 1. The van der Waals surface area contributed by atoms with Crippen molar-refractivity contribution >= 4 is 11.8 Å². The van der Waals surface area contributed by atoms with Gasteiger partial charge >= 0.3 is 0 Å². The van der Waals surface area contributed by atoms with E-state index in [0.29, 0.717) is 17.9 Å². The molecule has 3 heterocycles. The number of fused-ring (bicyclic) bond motifs is 1. The van der Waals surface area contributed by atoms with Gasteiger partial charge in [-0.25, -0.2) is 4.98 Å². The normalized spacial score (nSPS) is 16.0. The number of hydrogen-bond acceptors (Lipinski definition) is 5. The number of hydrogen-bond donors (Lipinski definition) is 2. The van der Waals surface area contributed by atoms with Crippen LogP contribution in [0.3, 0.4) is 0 Å². The fourth-order valence-corrected chi connectivity index (χ4v) is 3.18. The average Bonchev–Trinajstić information content (AvgIpc) is 3.36. The number of carbonyl (C=O) groups is 2. The lowest BCUT2D eigenvalue weighted by atomic mass is 10.1. The second kappa shape index (κ2) is 6.99. The minimum Gasteiger partial charge on any atom is -0.508 e. The second-order valence-electron chi connectivity index (χ2n) is 6.34. The van der Waals surface area contributed by atoms with Gasteiger partial charge in [0.25, 0.3) is 5.91 Å². The zero-order valence-corrected chi connectivity index (χ0v) is 14.4. The van der Waals surface area contributed by atoms with Crippen molar-refractivity contribution in [2.45, 2.75) is 19.1 Å². The lowest BCUT2D eigenvalue weighted by Crippen LogP contribution is -2.46. The lowest BCUT2D eigenvalue weighted by molar-refractivity contribution is -0.125. The molecular weight excluding hydrogens is 348 g/mol. The third-order valence-electron chi connectivity index (χ3n) is 4.53. The van der Waals surface area contributed by atoms with Crippen LogP contribution in [0.5, 0.6) is 5.75 Å². The van der Waals surface area contributed by atoms with Crippen molar-refractivity contribution in [1.29, 1.82) is 0 Å². The van der Waals surface area contributed by atoms with E-state index in [1.807, 2.05) is 0 Å². The van der Waals surface area contributed by atoms with Gasteiger partial charge in [0.15, 0.2) is 0 Å². The SMILES string of the molecule is O=C(NCc1ccco1)C1CN(C(=O)c2cccc(O)c2)Cc2cncn21. The Bertz CT molecular complexity index is 964. The Hall–Kier alpha value is -3.55. The molecule has 3 aromatic rings. The van der Waals surface area contributed by atoms with Crippen LogP contribution in [0, 0.1) is 0 Å². The third kappa shape index (κ3) is 3.41. The molecule has 8 heteroatoms. The smallest absolute Gasteiger partial charge is 0.254 e. The summed E-state index contributed by atoms with van der Waals surface area (Å²) in [5.74, 6) is 0.203. The molecule has 0 saturated carbocycles. The Morgan fingerprint density at radius 2 is 2.19 bits per heavy atom. The maximum absolute atomic E-state index is 12.8. The van der Waals surface area contributed by atoms with Crippen molar-refractivity contribution in [3.05, 3.63) is 72.2 Å². The van der Waals surface area contributed by atoms with Crippen molar-refractivity contribution in [1.82, 2.24) is 19.8 Å². The molecule has 0 radical (unpaired) electrons. The molecule has 4 rings (SSSR count). The summed E-state index contributed by atoms with van der Waals surface area (Å²) >= 11 is 0. The number of aromatic nitrogens is 2. The van der Waals surface area contributed by atoms with E-state index in [1.54, 1.807) is 52.5 Å². The first kappa shape index (κ1) is 16.9. The molecule has 2 aromatic heterocycles. The van der Waals surface area contributed by atoms with E-state index in [4.69, 9.17) is 4.42 Å². The van der Waals surface area contributed by atoms with Crippen LogP contribution in [0.4, 0.5) is 0 Å². The first-order chi connectivity index (χ1) is 13.1. The maximum Gasteiger partial charge on any atom is 0.254 e. The number of rotatable bonds is 4. The highest BCUT2D eigenvalue weighted by molar-refractivity contribution is 5.95. The van der Waals surface area contributed by atoms with Crippen molar-refractivity contribution in [2.24, 2.45) is 0 Å². The fraction of sp³-hybridized carbons (Fsp3) is 0.211. The number of nitrogens with zero attached hydrogens (tertiary/aromatic N) is 3. The summed E-state index contributed by atoms with van der Waals surface area (Å²) < 4.78 is 7.01. The van der Waals surface area contributed by atoms with Gasteiger partial charge in [-0.1, -0.05) is 6.07 Å². The van der Waals surface area contributed by atoms with Crippen LogP contribution in [0.1, 0.15) is 27.9 Å². The molecule has 1 unspecified atom stereocenters. The quantitative estimate of drug-likeness (QED) is 0.732. The molecule has 2 N–H and O–H groups in total. The molecule has 1 aliphatic rings. The Kier molecular flexibility index (Phi) is 4.37. The Morgan fingerprint density at radius 3 is 2.96 bits per heavy atom. The van der Waals surface area contributed by atoms with E-state index < -0.39 is 6.04 Å². The summed E-state index contributed by atoms with van der Waals surface area (Å²) in [7, 11) is 0. The van der Waals surface area contributed by atoms with Gasteiger partial charge in [-0.2, -0.15) is 0 Å². The fourth-order valence-electron chi connectivity index (χ4n) is 3.18. The molecule has 1 aliphatic heterocycles. The average molecular weight is 366 g/mol. The number of carbonyl (C=O) groups excluding carboxylic acids is 2. The highest BCUT2D eigenvalue weighted by Crippen LogP contribution is 2.24. The van der Waals surface area contributed by atoms with Crippen molar-refractivity contribution in [2.75, 3.05) is 6.54 Å². The third-order valence-corrected chi connectivity index (χ3v) is 4.53. The van der Waals surface area contributed by atoms with Crippen LogP contribution in [-0.2, 0) is 17.9 Å². The van der Waals surface area contributed by atoms with Gasteiger partial charge in [0.1, 0.15) is 17.6 Å². The predicted octanol–water partition coefficient (Wildman–Crippen LogP) is 1.70. The van der Waals surface area contributed by atoms with Crippen LogP contribution in [0.2, 0.25) is 0 Å². The standard InChI is InChI=1S/C19H18N4O4/c24-15-4-1-3-13(7-15)19(26)22-10-14-8-20-12-23(14)17(11-22)18(25)21-9-16-5-2-6-27-16/h1-8,12,17,24H,9-11H2,(H,21,25). The molecular formula is C19H18N4O4. The van der Waals surface area contributed by atoms with Crippen molar-refractivity contribution in [3.8, 4) is 5.75 Å². The first-order valence-corrected chi connectivity index (χ1v) is 8.51. The van der Waals surface area contributed by atoms with Crippen molar-refractivity contribution in [3.63, 3.8) is 0 Å². The topological polar surface area (TPSA) is 101 Å². The second-order valence-corrected chi connectivity index (χ2v) is 6.34. The van der Waals surface area contributed by atoms with Gasteiger partial charge in [-0.3, -0.25) is 9.59 Å². The van der Waals surface area contributed by atoms with E-state index >= 15 is 0 Å². The first-order valence-electron chi connectivity index (χ1n) is 8.51. The Balaban J connectivity index is 1.53. The summed E-state index contributed by atoms with van der Waals surface area (Å²) in [5, 5.41) is 12.5. The van der Waals surface area contributed by atoms with E-state index in [1.165, 1.54) is 12.1 Å². The van der Waals surface area contributed by atoms with Gasteiger partial charge in [0, 0.05) is 11.8 Å². The molecule has 0 saturated heterocycles. The van der Waals surface area contributed by atoms with E-state index in [0.717, 1.165) is 5.69 Å². The molecule has 1 aromatic carbocycles. The van der Waals surface area contributed by atoms with Gasteiger partial charge < -0.3 is 24.3 Å². The summed E-state index contributed by atoms with van der Waals surface area (Å²) in [5.41, 5.74) is 1.14. The number of phenolic OH excluding ortho intramolecular Hbond substituents is 1. The number of imidazole rings is 1. The van der Waals surface area contributed by atoms with Gasteiger partial charge in [0.05, 0.1) is 37.9 Å². The number of aromatic hydroxyl groups is 1. The van der Waals surface area contributed by atoms with Crippen LogP contribution in [0.25, 0.3) is 0 Å². The summed E-state index contributed by atoms with van der Waals surface area (Å²) in [6.07, 6.45) is 4.79. The molecule has 8 nitrogen and oxygen atoms in total. The molecule has 1 atom stereocenters. The lowest BCUT2D eigenvalue weighted by Gasteiger charge is -2.33. The van der Waals surface area contributed by atoms with Crippen LogP contribution >= 0.6 is 0 Å². The zero-order chi connectivity index (χ0) is 18.8. The summed E-state index contributed by atoms with van der Waals surface area (Å²) in [6.45, 7) is 0.825. The number of phenols is 1. The predicted molar refractivity (Wildman–Crippen MR) is 94.7 cm³/mol. The van der Waals surface area contributed by atoms with Gasteiger partial charge in [-0.15, -0.1) is 0 Å². The molecule has 0 bridgehead atoms. The zero-order valence-electron chi connectivity index (χ0n) is 14.4. The van der Waals surface area contributed by atoms with E-state index in [2.05, 4.69) is 10.3 Å². The molecule has 2 amide bonds. The maximum atomic E-state index is 12.8. The molecule has 0 fully saturated rings. The number of nitrogens with one attached hydrogen (secondary N) is 1. The van der Waals surface area contributed by atoms with Crippen LogP contribution in [0.15, 0.2) is 59.6 Å². The molecule has 0 aliphatic carbocycles. The largest absolute Gasteiger partial charge is 0.508 e. The highest BCUT2D eigenvalue weighted by atomic mass is 16.3.